The summed E-state index contributed by atoms with van der Waals surface area (Å²) in [7, 11) is 0. The zero-order valence-corrected chi connectivity index (χ0v) is 19.8. The van der Waals surface area contributed by atoms with Gasteiger partial charge in [-0.2, -0.15) is 0 Å². The van der Waals surface area contributed by atoms with Crippen molar-refractivity contribution in [3.63, 3.8) is 0 Å². The van der Waals surface area contributed by atoms with Crippen LogP contribution in [0, 0.1) is 0 Å². The van der Waals surface area contributed by atoms with Gasteiger partial charge in [0.1, 0.15) is 29.3 Å². The minimum absolute atomic E-state index is 0.116. The minimum Gasteiger partial charge on any atom is -0.506 e. The SMILES string of the molecule is O=c1occ(-c2ccccc2OCc2ccc(Cl)c(Cl)c2)c(O)c1SCCc1ccccc1. The van der Waals surface area contributed by atoms with E-state index in [0.717, 1.165) is 17.5 Å². The molecule has 0 saturated heterocycles. The highest BCUT2D eigenvalue weighted by atomic mass is 35.5. The molecule has 0 bridgehead atoms. The fourth-order valence-corrected chi connectivity index (χ4v) is 4.56. The summed E-state index contributed by atoms with van der Waals surface area (Å²) in [6.07, 6.45) is 2.03. The van der Waals surface area contributed by atoms with Crippen molar-refractivity contribution in [2.75, 3.05) is 5.75 Å². The van der Waals surface area contributed by atoms with Gasteiger partial charge in [0.05, 0.1) is 15.6 Å². The van der Waals surface area contributed by atoms with Gasteiger partial charge in [-0.15, -0.1) is 11.8 Å². The molecule has 0 fully saturated rings. The first kappa shape index (κ1) is 23.3. The van der Waals surface area contributed by atoms with Gasteiger partial charge >= 0.3 is 5.63 Å². The summed E-state index contributed by atoms with van der Waals surface area (Å²) in [5.74, 6) is 1.05. The first-order valence-corrected chi connectivity index (χ1v) is 11.9. The number of thioether (sulfide) groups is 1. The third kappa shape index (κ3) is 5.74. The number of hydrogen-bond acceptors (Lipinski definition) is 5. The maximum atomic E-state index is 12.3. The number of para-hydroxylation sites is 1. The first-order valence-electron chi connectivity index (χ1n) is 10.2. The molecular weight excluding hydrogens is 479 g/mol. The molecule has 0 amide bonds. The summed E-state index contributed by atoms with van der Waals surface area (Å²) in [4.78, 5) is 12.5. The number of benzene rings is 3. The van der Waals surface area contributed by atoms with Crippen LogP contribution in [0.2, 0.25) is 10.0 Å². The first-order chi connectivity index (χ1) is 16.0. The third-order valence-corrected chi connectivity index (χ3v) is 6.77. The number of rotatable bonds is 8. The second-order valence-electron chi connectivity index (χ2n) is 7.23. The fraction of sp³-hybridized carbons (Fsp3) is 0.115. The highest BCUT2D eigenvalue weighted by Crippen LogP contribution is 2.40. The quantitative estimate of drug-likeness (QED) is 0.259. The Hall–Kier alpha value is -2.86. The van der Waals surface area contributed by atoms with Gasteiger partial charge in [0.2, 0.25) is 0 Å². The van der Waals surface area contributed by atoms with Crippen molar-refractivity contribution in [3.05, 3.63) is 111 Å². The van der Waals surface area contributed by atoms with E-state index in [-0.39, 0.29) is 17.3 Å². The molecule has 1 heterocycles. The third-order valence-electron chi connectivity index (χ3n) is 4.97. The summed E-state index contributed by atoms with van der Waals surface area (Å²) in [6.45, 7) is 0.254. The lowest BCUT2D eigenvalue weighted by Gasteiger charge is -2.14. The number of halogens is 2. The zero-order valence-electron chi connectivity index (χ0n) is 17.5. The zero-order chi connectivity index (χ0) is 23.2. The Morgan fingerprint density at radius 3 is 2.42 bits per heavy atom. The standard InChI is InChI=1S/C26H20Cl2O4S/c27-21-11-10-18(14-22(21)28)15-31-23-9-5-4-8-19(23)20-16-32-26(30)25(24(20)29)33-13-12-17-6-2-1-3-7-17/h1-11,14,16,29H,12-13,15H2. The van der Waals surface area contributed by atoms with E-state index in [1.54, 1.807) is 24.3 Å². The predicted molar refractivity (Wildman–Crippen MR) is 134 cm³/mol. The summed E-state index contributed by atoms with van der Waals surface area (Å²) in [6, 6.07) is 22.5. The van der Waals surface area contributed by atoms with Crippen LogP contribution in [-0.4, -0.2) is 10.9 Å². The monoisotopic (exact) mass is 498 g/mol. The van der Waals surface area contributed by atoms with Crippen LogP contribution < -0.4 is 10.4 Å². The Bertz CT molecular complexity index is 1310. The number of aromatic hydroxyl groups is 1. The van der Waals surface area contributed by atoms with Crippen LogP contribution in [0.4, 0.5) is 0 Å². The lowest BCUT2D eigenvalue weighted by atomic mass is 10.1. The summed E-state index contributed by atoms with van der Waals surface area (Å²) in [5.41, 5.74) is 2.44. The van der Waals surface area contributed by atoms with Crippen molar-refractivity contribution in [1.29, 1.82) is 0 Å². The predicted octanol–water partition coefficient (Wildman–Crippen LogP) is 7.23. The second-order valence-corrected chi connectivity index (χ2v) is 9.15. The Morgan fingerprint density at radius 1 is 0.879 bits per heavy atom. The van der Waals surface area contributed by atoms with Crippen LogP contribution in [0.5, 0.6) is 11.5 Å². The second kappa shape index (κ2) is 10.8. The average molecular weight is 499 g/mol. The summed E-state index contributed by atoms with van der Waals surface area (Å²) >= 11 is 13.3. The van der Waals surface area contributed by atoms with E-state index in [0.29, 0.717) is 32.7 Å². The number of ether oxygens (including phenoxy) is 1. The molecule has 33 heavy (non-hydrogen) atoms. The van der Waals surface area contributed by atoms with Gasteiger partial charge in [0.15, 0.2) is 0 Å². The van der Waals surface area contributed by atoms with Crippen molar-refractivity contribution >= 4 is 35.0 Å². The van der Waals surface area contributed by atoms with E-state index in [2.05, 4.69) is 0 Å². The van der Waals surface area contributed by atoms with Gasteiger partial charge in [0.25, 0.3) is 0 Å². The van der Waals surface area contributed by atoms with E-state index in [1.165, 1.54) is 18.0 Å². The molecule has 168 valence electrons. The summed E-state index contributed by atoms with van der Waals surface area (Å²) < 4.78 is 11.2. The van der Waals surface area contributed by atoms with E-state index >= 15 is 0 Å². The van der Waals surface area contributed by atoms with Gasteiger partial charge in [-0.3, -0.25) is 0 Å². The molecule has 4 nitrogen and oxygen atoms in total. The van der Waals surface area contributed by atoms with Crippen LogP contribution in [0.15, 0.2) is 93.2 Å². The topological polar surface area (TPSA) is 59.7 Å². The molecule has 1 N–H and O–H groups in total. The maximum Gasteiger partial charge on any atom is 0.353 e. The number of hydrogen-bond donors (Lipinski definition) is 1. The molecule has 4 rings (SSSR count). The average Bonchev–Trinajstić information content (AvgIpc) is 2.83. The van der Waals surface area contributed by atoms with Crippen molar-refractivity contribution in [3.8, 4) is 22.6 Å². The lowest BCUT2D eigenvalue weighted by molar-refractivity contribution is 0.307. The molecule has 0 aliphatic rings. The van der Waals surface area contributed by atoms with Crippen LogP contribution in [-0.2, 0) is 13.0 Å². The Kier molecular flexibility index (Phi) is 7.65. The summed E-state index contributed by atoms with van der Waals surface area (Å²) in [5, 5.41) is 11.9. The van der Waals surface area contributed by atoms with E-state index in [4.69, 9.17) is 32.4 Å². The van der Waals surface area contributed by atoms with Crippen molar-refractivity contribution in [2.45, 2.75) is 17.9 Å². The van der Waals surface area contributed by atoms with E-state index < -0.39 is 5.63 Å². The van der Waals surface area contributed by atoms with Gasteiger partial charge in [0, 0.05) is 11.3 Å². The van der Waals surface area contributed by atoms with Crippen molar-refractivity contribution < 1.29 is 14.3 Å². The molecular formula is C26H20Cl2O4S. The van der Waals surface area contributed by atoms with Gasteiger partial charge in [-0.05, 0) is 35.7 Å². The van der Waals surface area contributed by atoms with E-state index in [9.17, 15) is 9.90 Å². The van der Waals surface area contributed by atoms with Crippen LogP contribution in [0.25, 0.3) is 11.1 Å². The highest BCUT2D eigenvalue weighted by Gasteiger charge is 2.18. The molecule has 3 aromatic carbocycles. The van der Waals surface area contributed by atoms with Crippen molar-refractivity contribution in [1.82, 2.24) is 0 Å². The number of aryl methyl sites for hydroxylation is 1. The Labute approximate surface area is 205 Å². The smallest absolute Gasteiger partial charge is 0.353 e. The molecule has 0 atom stereocenters. The van der Waals surface area contributed by atoms with Gasteiger partial charge in [-0.25, -0.2) is 4.79 Å². The van der Waals surface area contributed by atoms with Crippen LogP contribution >= 0.6 is 35.0 Å². The molecule has 4 aromatic rings. The lowest BCUT2D eigenvalue weighted by Crippen LogP contribution is -2.04. The molecule has 0 unspecified atom stereocenters. The highest BCUT2D eigenvalue weighted by molar-refractivity contribution is 7.99. The largest absolute Gasteiger partial charge is 0.506 e. The van der Waals surface area contributed by atoms with Gasteiger partial charge < -0.3 is 14.3 Å². The normalized spacial score (nSPS) is 10.8. The van der Waals surface area contributed by atoms with E-state index in [1.807, 2.05) is 48.5 Å². The fourth-order valence-electron chi connectivity index (χ4n) is 3.28. The Balaban J connectivity index is 1.55. The van der Waals surface area contributed by atoms with Crippen LogP contribution in [0.3, 0.4) is 0 Å². The molecule has 0 aliphatic heterocycles. The van der Waals surface area contributed by atoms with Gasteiger partial charge in [-0.1, -0.05) is 77.8 Å². The van der Waals surface area contributed by atoms with Crippen molar-refractivity contribution in [2.24, 2.45) is 0 Å². The van der Waals surface area contributed by atoms with Crippen LogP contribution in [0.1, 0.15) is 11.1 Å². The Morgan fingerprint density at radius 2 is 1.64 bits per heavy atom. The molecule has 0 spiro atoms. The molecule has 0 aliphatic carbocycles. The molecule has 1 aromatic heterocycles. The molecule has 0 saturated carbocycles. The minimum atomic E-state index is -0.566. The molecule has 0 radical (unpaired) electrons. The molecule has 7 heteroatoms. The maximum absolute atomic E-state index is 12.3.